The molecule has 2 saturated carbocycles. The van der Waals surface area contributed by atoms with Crippen LogP contribution in [-0.2, 0) is 19.2 Å². The molecule has 3 saturated heterocycles. The monoisotopic (exact) mass is 436 g/mol. The number of imide groups is 2. The van der Waals surface area contributed by atoms with Gasteiger partial charge < -0.3 is 0 Å². The number of fused-ring (bicyclic) bond motifs is 10. The summed E-state index contributed by atoms with van der Waals surface area (Å²) in [4.78, 5) is 59.0. The van der Waals surface area contributed by atoms with E-state index >= 15 is 0 Å². The minimum atomic E-state index is -0.143. The Morgan fingerprint density at radius 3 is 1.09 bits per heavy atom. The summed E-state index contributed by atoms with van der Waals surface area (Å²) >= 11 is 0. The third kappa shape index (κ3) is 2.45. The lowest BCUT2D eigenvalue weighted by Gasteiger charge is -2.37. The summed E-state index contributed by atoms with van der Waals surface area (Å²) < 4.78 is 0. The van der Waals surface area contributed by atoms with Gasteiger partial charge in [-0.25, -0.2) is 0 Å². The summed E-state index contributed by atoms with van der Waals surface area (Å²) in [6, 6.07) is 0. The van der Waals surface area contributed by atoms with E-state index in [1.165, 1.54) is 9.80 Å². The Balaban J connectivity index is 0.956. The highest BCUT2D eigenvalue weighted by atomic mass is 16.2. The topological polar surface area (TPSA) is 81.2 Å². The maximum Gasteiger partial charge on any atom is 0.234 e. The highest BCUT2D eigenvalue weighted by Gasteiger charge is 2.60. The number of likely N-dealkylation sites (tertiary alicyclic amines) is 2. The molecule has 3 aliphatic heterocycles. The van der Waals surface area contributed by atoms with Crippen LogP contribution in [0.15, 0.2) is 24.3 Å². The van der Waals surface area contributed by atoms with Crippen molar-refractivity contribution in [1.29, 1.82) is 0 Å². The quantitative estimate of drug-likeness (QED) is 0.461. The number of hydrogen-bond acceptors (Lipinski definition) is 6. The molecule has 0 N–H and O–H groups in total. The molecule has 0 aromatic rings. The van der Waals surface area contributed by atoms with Gasteiger partial charge in [-0.2, -0.15) is 0 Å². The fourth-order valence-corrected chi connectivity index (χ4v) is 7.68. The van der Waals surface area contributed by atoms with Gasteiger partial charge in [0.1, 0.15) is 0 Å². The SMILES string of the molecule is O=C1[C@@H]2[C@@H](C(=O)N1CN1CCN(CN3C(=O)[C@@H]4[C@@H](C3=O)[C@H]3C=C[C@H]4C3)CC1)[C@H]1C=C[C@@H]2C1. The van der Waals surface area contributed by atoms with Crippen LogP contribution in [0.4, 0.5) is 0 Å². The lowest BCUT2D eigenvalue weighted by atomic mass is 9.85. The normalized spacial score (nSPS) is 44.6. The van der Waals surface area contributed by atoms with E-state index in [0.717, 1.165) is 12.8 Å². The number of amides is 4. The molecule has 4 aliphatic carbocycles. The second-order valence-corrected chi connectivity index (χ2v) is 10.7. The summed E-state index contributed by atoms with van der Waals surface area (Å²) in [5, 5.41) is 0. The Labute approximate surface area is 186 Å². The molecule has 8 atom stereocenters. The van der Waals surface area contributed by atoms with Gasteiger partial charge >= 0.3 is 0 Å². The predicted molar refractivity (Wildman–Crippen MR) is 112 cm³/mol. The average Bonchev–Trinajstić information content (AvgIpc) is 3.62. The zero-order valence-corrected chi connectivity index (χ0v) is 18.0. The fourth-order valence-electron chi connectivity index (χ4n) is 7.68. The van der Waals surface area contributed by atoms with Crippen LogP contribution in [0.3, 0.4) is 0 Å². The van der Waals surface area contributed by atoms with Gasteiger partial charge in [0.05, 0.1) is 37.0 Å². The minimum absolute atomic E-state index is 0.00215. The Morgan fingerprint density at radius 1 is 0.531 bits per heavy atom. The van der Waals surface area contributed by atoms with Crippen LogP contribution in [0.5, 0.6) is 0 Å². The van der Waals surface area contributed by atoms with E-state index in [0.29, 0.717) is 39.5 Å². The first-order chi connectivity index (χ1) is 15.5. The summed E-state index contributed by atoms with van der Waals surface area (Å²) in [6.45, 7) is 3.58. The number of hydrogen-bond donors (Lipinski definition) is 0. The van der Waals surface area contributed by atoms with Crippen LogP contribution in [-0.4, -0.2) is 82.7 Å². The zero-order chi connectivity index (χ0) is 21.7. The molecule has 0 unspecified atom stereocenters. The average molecular weight is 437 g/mol. The molecule has 7 aliphatic rings. The molecular weight excluding hydrogens is 408 g/mol. The van der Waals surface area contributed by atoms with Crippen LogP contribution in [0, 0.1) is 47.3 Å². The van der Waals surface area contributed by atoms with Crippen LogP contribution in [0.2, 0.25) is 0 Å². The summed E-state index contributed by atoms with van der Waals surface area (Å²) in [7, 11) is 0. The van der Waals surface area contributed by atoms with E-state index in [-0.39, 0.29) is 71.0 Å². The van der Waals surface area contributed by atoms with Crippen molar-refractivity contribution in [2.75, 3.05) is 39.5 Å². The second-order valence-electron chi connectivity index (χ2n) is 10.7. The molecule has 0 spiro atoms. The number of allylic oxidation sites excluding steroid dienone is 4. The smallest absolute Gasteiger partial charge is 0.234 e. The molecule has 0 radical (unpaired) electrons. The molecule has 7 rings (SSSR count). The third-order valence-electron chi connectivity index (χ3n) is 9.27. The maximum absolute atomic E-state index is 12.9. The first-order valence-corrected chi connectivity index (χ1v) is 12.0. The first kappa shape index (κ1) is 19.2. The number of carbonyl (C=O) groups excluding carboxylic acids is 4. The largest absolute Gasteiger partial charge is 0.283 e. The van der Waals surface area contributed by atoms with Crippen molar-refractivity contribution < 1.29 is 19.2 Å². The summed E-state index contributed by atoms with van der Waals surface area (Å²) in [5.41, 5.74) is 0. The summed E-state index contributed by atoms with van der Waals surface area (Å²) in [5.74, 6) is 0.394. The first-order valence-electron chi connectivity index (χ1n) is 12.0. The highest BCUT2D eigenvalue weighted by Crippen LogP contribution is 2.53. The molecule has 168 valence electrons. The van der Waals surface area contributed by atoms with Crippen LogP contribution >= 0.6 is 0 Å². The molecular formula is C24H28N4O4. The maximum atomic E-state index is 12.9. The zero-order valence-electron chi connectivity index (χ0n) is 18.0. The van der Waals surface area contributed by atoms with Gasteiger partial charge in [0.15, 0.2) is 0 Å². The van der Waals surface area contributed by atoms with Crippen LogP contribution < -0.4 is 0 Å². The van der Waals surface area contributed by atoms with E-state index in [2.05, 4.69) is 34.1 Å². The Morgan fingerprint density at radius 2 is 0.812 bits per heavy atom. The molecule has 4 bridgehead atoms. The lowest BCUT2D eigenvalue weighted by Crippen LogP contribution is -2.54. The molecule has 8 nitrogen and oxygen atoms in total. The Hall–Kier alpha value is -2.32. The van der Waals surface area contributed by atoms with Gasteiger partial charge in [0, 0.05) is 26.2 Å². The van der Waals surface area contributed by atoms with E-state index in [1.807, 2.05) is 0 Å². The van der Waals surface area contributed by atoms with Crippen molar-refractivity contribution in [3.63, 3.8) is 0 Å². The molecule has 32 heavy (non-hydrogen) atoms. The van der Waals surface area contributed by atoms with Crippen molar-refractivity contribution in [3.05, 3.63) is 24.3 Å². The standard InChI is InChI=1S/C24H28N4O4/c29-21-17-13-1-2-14(9-13)18(17)22(30)27(21)11-25-5-7-26(8-6-25)12-28-23(31)19-15-3-4-16(10-15)20(19)24(28)32/h1-4,13-20H,5-12H2/t13-,14-,15-,16+,17-,18-,19-,20-/m0/s1. The van der Waals surface area contributed by atoms with Crippen LogP contribution in [0.25, 0.3) is 0 Å². The fraction of sp³-hybridized carbons (Fsp3) is 0.667. The van der Waals surface area contributed by atoms with Crippen molar-refractivity contribution in [1.82, 2.24) is 19.6 Å². The highest BCUT2D eigenvalue weighted by molar-refractivity contribution is 6.07. The van der Waals surface area contributed by atoms with Gasteiger partial charge in [-0.15, -0.1) is 0 Å². The number of nitrogens with zero attached hydrogens (tertiary/aromatic N) is 4. The molecule has 0 aromatic carbocycles. The lowest BCUT2D eigenvalue weighted by molar-refractivity contribution is -0.146. The van der Waals surface area contributed by atoms with Gasteiger partial charge in [-0.1, -0.05) is 24.3 Å². The van der Waals surface area contributed by atoms with E-state index in [9.17, 15) is 19.2 Å². The number of piperazine rings is 1. The van der Waals surface area contributed by atoms with Crippen molar-refractivity contribution in [2.45, 2.75) is 12.8 Å². The molecule has 3 heterocycles. The van der Waals surface area contributed by atoms with Crippen molar-refractivity contribution >= 4 is 23.6 Å². The van der Waals surface area contributed by atoms with Gasteiger partial charge in [0.2, 0.25) is 23.6 Å². The Kier molecular flexibility index (Phi) is 3.96. The predicted octanol–water partition coefficient (Wildman–Crippen LogP) is 0.133. The Bertz CT molecular complexity index is 844. The van der Waals surface area contributed by atoms with Crippen LogP contribution in [0.1, 0.15) is 12.8 Å². The van der Waals surface area contributed by atoms with Crippen molar-refractivity contribution in [2.24, 2.45) is 47.3 Å². The number of carbonyl (C=O) groups is 4. The van der Waals surface area contributed by atoms with Gasteiger partial charge in [-0.05, 0) is 36.5 Å². The van der Waals surface area contributed by atoms with Crippen molar-refractivity contribution in [3.8, 4) is 0 Å². The van der Waals surface area contributed by atoms with E-state index < -0.39 is 0 Å². The molecule has 8 heteroatoms. The van der Waals surface area contributed by atoms with Gasteiger partial charge in [0.25, 0.3) is 0 Å². The van der Waals surface area contributed by atoms with E-state index in [1.54, 1.807) is 0 Å². The third-order valence-corrected chi connectivity index (χ3v) is 9.27. The molecule has 5 fully saturated rings. The molecule has 4 amide bonds. The molecule has 0 aromatic heterocycles. The van der Waals surface area contributed by atoms with Gasteiger partial charge in [-0.3, -0.25) is 38.8 Å². The second kappa shape index (κ2) is 6.60. The minimum Gasteiger partial charge on any atom is -0.283 e. The summed E-state index contributed by atoms with van der Waals surface area (Å²) in [6.07, 6.45) is 10.4. The number of rotatable bonds is 4. The van der Waals surface area contributed by atoms with E-state index in [4.69, 9.17) is 0 Å².